The van der Waals surface area contributed by atoms with Gasteiger partial charge in [0.1, 0.15) is 18.2 Å². The highest BCUT2D eigenvalue weighted by Gasteiger charge is 2.07. The van der Waals surface area contributed by atoms with Crippen LogP contribution in [-0.2, 0) is 0 Å². The zero-order valence-corrected chi connectivity index (χ0v) is 10.8. The molecule has 4 heterocycles. The first kappa shape index (κ1) is 13.3. The van der Waals surface area contributed by atoms with Crippen molar-refractivity contribution in [2.75, 3.05) is 11.5 Å². The summed E-state index contributed by atoms with van der Waals surface area (Å²) in [4.78, 5) is 48.0. The number of fused-ring (bicyclic) bond motifs is 2. The number of imidazole rings is 1. The van der Waals surface area contributed by atoms with Crippen molar-refractivity contribution in [2.45, 2.75) is 0 Å². The molecule has 2 amide bonds. The molecule has 110 valence electrons. The molecule has 1 aliphatic heterocycles. The van der Waals surface area contributed by atoms with Crippen LogP contribution in [0, 0.1) is 0 Å². The molecule has 22 heavy (non-hydrogen) atoms. The maximum atomic E-state index is 10.7. The molecule has 0 saturated carbocycles. The number of hydrogen-bond acceptors (Lipinski definition) is 8. The zero-order chi connectivity index (χ0) is 15.7. The Hall–Kier alpha value is -3.70. The number of aromatic nitrogens is 6. The van der Waals surface area contributed by atoms with E-state index in [2.05, 4.69) is 39.9 Å². The van der Waals surface area contributed by atoms with E-state index in [1.54, 1.807) is 0 Å². The first-order valence-electron chi connectivity index (χ1n) is 5.81. The third kappa shape index (κ3) is 2.35. The second kappa shape index (κ2) is 5.01. The first-order valence-corrected chi connectivity index (χ1v) is 5.81. The fourth-order valence-corrected chi connectivity index (χ4v) is 1.65. The molecule has 0 spiro atoms. The van der Waals surface area contributed by atoms with Crippen LogP contribution in [0.5, 0.6) is 0 Å². The first-order chi connectivity index (χ1) is 10.5. The Bertz CT molecular complexity index is 1050. The summed E-state index contributed by atoms with van der Waals surface area (Å²) in [5.74, 6) is 0.456. The monoisotopic (exact) mass is 300 g/mol. The van der Waals surface area contributed by atoms with Gasteiger partial charge in [0.25, 0.3) is 0 Å². The van der Waals surface area contributed by atoms with Crippen LogP contribution in [0.2, 0.25) is 0 Å². The SMILES string of the molecule is Nc1ncnc2[nH]c(=O)[nH]c12.Nc1ncnc2c1=NC(=O)N=2. The Morgan fingerprint density at radius 1 is 0.864 bits per heavy atom. The lowest BCUT2D eigenvalue weighted by atomic mass is 10.5. The van der Waals surface area contributed by atoms with Crippen LogP contribution in [0.15, 0.2) is 27.4 Å². The number of aromatic amines is 2. The second-order valence-corrected chi connectivity index (χ2v) is 4.00. The molecule has 0 saturated heterocycles. The van der Waals surface area contributed by atoms with E-state index in [9.17, 15) is 9.59 Å². The van der Waals surface area contributed by atoms with E-state index in [1.807, 2.05) is 0 Å². The van der Waals surface area contributed by atoms with Gasteiger partial charge in [-0.2, -0.15) is 9.98 Å². The summed E-state index contributed by atoms with van der Waals surface area (Å²) >= 11 is 0. The number of carbonyl (C=O) groups is 1. The van der Waals surface area contributed by atoms with Crippen molar-refractivity contribution in [3.05, 3.63) is 34.0 Å². The van der Waals surface area contributed by atoms with Gasteiger partial charge in [0, 0.05) is 0 Å². The summed E-state index contributed by atoms with van der Waals surface area (Å²) in [5.41, 5.74) is 11.6. The molecule has 0 aliphatic carbocycles. The van der Waals surface area contributed by atoms with Crippen molar-refractivity contribution in [1.29, 1.82) is 0 Å². The van der Waals surface area contributed by atoms with Crippen LogP contribution in [0.1, 0.15) is 0 Å². The van der Waals surface area contributed by atoms with Gasteiger partial charge in [-0.3, -0.25) is 4.98 Å². The highest BCUT2D eigenvalue weighted by molar-refractivity contribution is 5.80. The van der Waals surface area contributed by atoms with Gasteiger partial charge in [-0.15, -0.1) is 0 Å². The number of hydrogen-bond donors (Lipinski definition) is 4. The maximum Gasteiger partial charge on any atom is 0.369 e. The summed E-state index contributed by atoms with van der Waals surface area (Å²) < 4.78 is 0. The number of rotatable bonds is 0. The lowest BCUT2D eigenvalue weighted by molar-refractivity contribution is 0.256. The quantitative estimate of drug-likeness (QED) is 0.354. The van der Waals surface area contributed by atoms with E-state index < -0.39 is 6.03 Å². The summed E-state index contributed by atoms with van der Waals surface area (Å²) in [7, 11) is 0. The second-order valence-electron chi connectivity index (χ2n) is 4.00. The Balaban J connectivity index is 0.000000131. The molecule has 3 aromatic heterocycles. The van der Waals surface area contributed by atoms with E-state index in [4.69, 9.17) is 11.5 Å². The fraction of sp³-hybridized carbons (Fsp3) is 0. The van der Waals surface area contributed by atoms with Gasteiger partial charge >= 0.3 is 11.7 Å². The minimum Gasteiger partial charge on any atom is -0.382 e. The van der Waals surface area contributed by atoms with Crippen LogP contribution in [0.3, 0.4) is 0 Å². The van der Waals surface area contributed by atoms with Crippen molar-refractivity contribution in [2.24, 2.45) is 9.98 Å². The van der Waals surface area contributed by atoms with Crippen LogP contribution >= 0.6 is 0 Å². The summed E-state index contributed by atoms with van der Waals surface area (Å²) in [6.07, 6.45) is 2.53. The molecule has 3 aromatic rings. The van der Waals surface area contributed by atoms with Crippen molar-refractivity contribution < 1.29 is 4.79 Å². The number of nitrogens with one attached hydrogen (secondary N) is 2. The number of nitrogens with two attached hydrogens (primary N) is 2. The van der Waals surface area contributed by atoms with Gasteiger partial charge in [0.05, 0.1) is 0 Å². The molecule has 0 radical (unpaired) electrons. The number of carbonyl (C=O) groups excluding carboxylic acids is 1. The topological polar surface area (TPSA) is 194 Å². The molecule has 0 atom stereocenters. The molecule has 6 N–H and O–H groups in total. The molecular formula is C10H8N10O2. The highest BCUT2D eigenvalue weighted by atomic mass is 16.2. The van der Waals surface area contributed by atoms with Gasteiger partial charge in [-0.25, -0.2) is 29.5 Å². The van der Waals surface area contributed by atoms with Crippen molar-refractivity contribution >= 4 is 28.8 Å². The largest absolute Gasteiger partial charge is 0.382 e. The normalized spacial score (nSPS) is 12.1. The summed E-state index contributed by atoms with van der Waals surface area (Å²) in [6, 6.07) is -0.577. The molecule has 0 aromatic carbocycles. The van der Waals surface area contributed by atoms with Crippen LogP contribution < -0.4 is 28.0 Å². The third-order valence-corrected chi connectivity index (χ3v) is 2.59. The van der Waals surface area contributed by atoms with E-state index >= 15 is 0 Å². The molecule has 4 rings (SSSR count). The molecular weight excluding hydrogens is 292 g/mol. The predicted octanol–water partition coefficient (Wildman–Crippen LogP) is -2.34. The standard InChI is InChI=1S/C5H5N5O.C5H3N5O/c2*6-3-2-4(8-1-7-3)10-5(11)9-2/h1H,(H4,6,7,8,9,10,11);1H,(H2,6,7,8,10,11). The van der Waals surface area contributed by atoms with Gasteiger partial charge in [0.2, 0.25) is 0 Å². The average molecular weight is 300 g/mol. The van der Waals surface area contributed by atoms with Crippen molar-refractivity contribution in [1.82, 2.24) is 29.9 Å². The highest BCUT2D eigenvalue weighted by Crippen LogP contribution is 2.07. The number of anilines is 2. The lowest BCUT2D eigenvalue weighted by Gasteiger charge is -1.89. The zero-order valence-electron chi connectivity index (χ0n) is 10.8. The summed E-state index contributed by atoms with van der Waals surface area (Å²) in [6.45, 7) is 0. The van der Waals surface area contributed by atoms with Gasteiger partial charge in [-0.05, 0) is 0 Å². The Labute approximate surface area is 120 Å². The number of nitrogen functional groups attached to an aromatic ring is 2. The van der Waals surface area contributed by atoms with Gasteiger partial charge in [-0.1, -0.05) is 0 Å². The van der Waals surface area contributed by atoms with Crippen LogP contribution in [-0.4, -0.2) is 35.9 Å². The van der Waals surface area contributed by atoms with E-state index in [0.29, 0.717) is 11.2 Å². The van der Waals surface area contributed by atoms with Crippen molar-refractivity contribution in [3.8, 4) is 0 Å². The number of nitrogens with zero attached hydrogens (tertiary/aromatic N) is 6. The average Bonchev–Trinajstić information content (AvgIpc) is 3.03. The minimum atomic E-state index is -0.577. The van der Waals surface area contributed by atoms with Crippen LogP contribution in [0.25, 0.3) is 11.2 Å². The van der Waals surface area contributed by atoms with Crippen LogP contribution in [0.4, 0.5) is 16.4 Å². The van der Waals surface area contributed by atoms with E-state index in [-0.39, 0.29) is 28.2 Å². The van der Waals surface area contributed by atoms with Gasteiger partial charge in [0.15, 0.2) is 28.1 Å². The molecule has 12 heteroatoms. The third-order valence-electron chi connectivity index (χ3n) is 2.59. The van der Waals surface area contributed by atoms with Gasteiger partial charge < -0.3 is 16.5 Å². The molecule has 0 unspecified atom stereocenters. The molecule has 0 fully saturated rings. The molecule has 12 nitrogen and oxygen atoms in total. The lowest BCUT2D eigenvalue weighted by Crippen LogP contribution is -2.29. The molecule has 0 bridgehead atoms. The minimum absolute atomic E-state index is 0.185. The maximum absolute atomic E-state index is 10.7. The fourth-order valence-electron chi connectivity index (χ4n) is 1.65. The Kier molecular flexibility index (Phi) is 3.02. The smallest absolute Gasteiger partial charge is 0.369 e. The Morgan fingerprint density at radius 3 is 2.32 bits per heavy atom. The Morgan fingerprint density at radius 2 is 1.59 bits per heavy atom. The number of H-pyrrole nitrogens is 2. The van der Waals surface area contributed by atoms with E-state index in [0.717, 1.165) is 0 Å². The predicted molar refractivity (Wildman–Crippen MR) is 73.1 cm³/mol. The number of amides is 2. The summed E-state index contributed by atoms with van der Waals surface area (Å²) in [5, 5.41) is 0.275. The van der Waals surface area contributed by atoms with E-state index in [1.165, 1.54) is 12.7 Å². The van der Waals surface area contributed by atoms with Crippen molar-refractivity contribution in [3.63, 3.8) is 0 Å². The molecule has 1 aliphatic rings. The number of urea groups is 1.